The lowest BCUT2D eigenvalue weighted by molar-refractivity contribution is 0.249. The van der Waals surface area contributed by atoms with E-state index in [1.807, 2.05) is 6.07 Å². The second-order valence-corrected chi connectivity index (χ2v) is 7.14. The molecule has 0 aromatic heterocycles. The van der Waals surface area contributed by atoms with Crippen molar-refractivity contribution in [2.45, 2.75) is 12.5 Å². The number of nitrogens with zero attached hydrogens (tertiary/aromatic N) is 1. The third-order valence-corrected chi connectivity index (χ3v) is 5.00. The Morgan fingerprint density at radius 1 is 1.45 bits per heavy atom. The van der Waals surface area contributed by atoms with E-state index in [-0.39, 0.29) is 22.6 Å². The molecule has 2 N–H and O–H groups in total. The summed E-state index contributed by atoms with van der Waals surface area (Å²) in [4.78, 5) is 11.7. The molecule has 1 heterocycles. The van der Waals surface area contributed by atoms with Crippen LogP contribution in [0.3, 0.4) is 0 Å². The van der Waals surface area contributed by atoms with E-state index in [0.717, 1.165) is 0 Å². The van der Waals surface area contributed by atoms with Crippen LogP contribution < -0.4 is 10.6 Å². The first-order valence-electron chi connectivity index (χ1n) is 5.87. The highest BCUT2D eigenvalue weighted by Crippen LogP contribution is 2.20. The Bertz CT molecular complexity index is 682. The van der Waals surface area contributed by atoms with Crippen molar-refractivity contribution in [3.8, 4) is 6.07 Å². The maximum Gasteiger partial charge on any atom is 0.319 e. The van der Waals surface area contributed by atoms with Crippen molar-refractivity contribution >= 4 is 33.2 Å². The Kier molecular flexibility index (Phi) is 4.16. The van der Waals surface area contributed by atoms with Crippen LogP contribution in [0.15, 0.2) is 18.2 Å². The molecular formula is C12H12ClN3O3S. The zero-order valence-corrected chi connectivity index (χ0v) is 12.0. The molecule has 1 fully saturated rings. The van der Waals surface area contributed by atoms with Crippen LogP contribution in [0.2, 0.25) is 5.02 Å². The first-order chi connectivity index (χ1) is 9.39. The zero-order valence-electron chi connectivity index (χ0n) is 10.4. The number of nitrogens with one attached hydrogen (secondary N) is 2. The standard InChI is InChI=1S/C12H12ClN3O3S/c13-11-5-9(2-1-8(11)6-14)15-12(17)16-10-3-4-20(18,19)7-10/h1-2,5,10H,3-4,7H2,(H2,15,16,17). The molecule has 0 spiro atoms. The monoisotopic (exact) mass is 313 g/mol. The Balaban J connectivity index is 1.95. The second kappa shape index (κ2) is 5.69. The molecular weight excluding hydrogens is 302 g/mol. The number of halogens is 1. The van der Waals surface area contributed by atoms with Crippen LogP contribution in [0.1, 0.15) is 12.0 Å². The van der Waals surface area contributed by atoms with Crippen molar-refractivity contribution in [3.05, 3.63) is 28.8 Å². The molecule has 1 saturated heterocycles. The third kappa shape index (κ3) is 3.62. The van der Waals surface area contributed by atoms with Crippen molar-refractivity contribution in [2.75, 3.05) is 16.8 Å². The van der Waals surface area contributed by atoms with Gasteiger partial charge < -0.3 is 10.6 Å². The maximum absolute atomic E-state index is 11.7. The van der Waals surface area contributed by atoms with Crippen molar-refractivity contribution in [1.82, 2.24) is 5.32 Å². The van der Waals surface area contributed by atoms with Gasteiger partial charge in [0.05, 0.1) is 22.1 Å². The number of amides is 2. The minimum Gasteiger partial charge on any atom is -0.334 e. The molecule has 2 rings (SSSR count). The number of urea groups is 1. The highest BCUT2D eigenvalue weighted by molar-refractivity contribution is 7.91. The minimum absolute atomic E-state index is 0.0332. The maximum atomic E-state index is 11.7. The summed E-state index contributed by atoms with van der Waals surface area (Å²) in [6.45, 7) is 0. The van der Waals surface area contributed by atoms with E-state index >= 15 is 0 Å². The normalized spacial score (nSPS) is 20.1. The first kappa shape index (κ1) is 14.6. The number of anilines is 1. The predicted octanol–water partition coefficient (Wildman–Crippen LogP) is 1.52. The highest BCUT2D eigenvalue weighted by Gasteiger charge is 2.28. The summed E-state index contributed by atoms with van der Waals surface area (Å²) in [7, 11) is -3.03. The van der Waals surface area contributed by atoms with Gasteiger partial charge in [-0.15, -0.1) is 0 Å². The number of sulfone groups is 1. The smallest absolute Gasteiger partial charge is 0.319 e. The van der Waals surface area contributed by atoms with Gasteiger partial charge in [0, 0.05) is 11.7 Å². The van der Waals surface area contributed by atoms with Gasteiger partial charge in [0.25, 0.3) is 0 Å². The lowest BCUT2D eigenvalue weighted by Gasteiger charge is -2.12. The van der Waals surface area contributed by atoms with Crippen LogP contribution in [0.5, 0.6) is 0 Å². The van der Waals surface area contributed by atoms with E-state index < -0.39 is 15.9 Å². The highest BCUT2D eigenvalue weighted by atomic mass is 35.5. The fourth-order valence-electron chi connectivity index (χ4n) is 1.94. The number of carbonyl (C=O) groups is 1. The molecule has 8 heteroatoms. The summed E-state index contributed by atoms with van der Waals surface area (Å²) in [6.07, 6.45) is 0.421. The molecule has 1 aromatic carbocycles. The summed E-state index contributed by atoms with van der Waals surface area (Å²) in [5.74, 6) is 0.0647. The number of benzene rings is 1. The first-order valence-corrected chi connectivity index (χ1v) is 8.07. The van der Waals surface area contributed by atoms with E-state index in [0.29, 0.717) is 17.7 Å². The Labute approximate surface area is 121 Å². The molecule has 20 heavy (non-hydrogen) atoms. The van der Waals surface area contributed by atoms with Crippen molar-refractivity contribution < 1.29 is 13.2 Å². The minimum atomic E-state index is -3.03. The van der Waals surface area contributed by atoms with Crippen LogP contribution in [0.25, 0.3) is 0 Å². The van der Waals surface area contributed by atoms with Crippen LogP contribution in [0.4, 0.5) is 10.5 Å². The van der Waals surface area contributed by atoms with Gasteiger partial charge in [-0.25, -0.2) is 13.2 Å². The van der Waals surface area contributed by atoms with Crippen LogP contribution in [0, 0.1) is 11.3 Å². The SMILES string of the molecule is N#Cc1ccc(NC(=O)NC2CCS(=O)(=O)C2)cc1Cl. The summed E-state index contributed by atoms with van der Waals surface area (Å²) in [5.41, 5.74) is 0.756. The van der Waals surface area contributed by atoms with Gasteiger partial charge in [-0.05, 0) is 24.6 Å². The van der Waals surface area contributed by atoms with Crippen LogP contribution in [-0.2, 0) is 9.84 Å². The predicted molar refractivity (Wildman–Crippen MR) is 75.4 cm³/mol. The van der Waals surface area contributed by atoms with E-state index in [1.165, 1.54) is 12.1 Å². The molecule has 1 unspecified atom stereocenters. The van der Waals surface area contributed by atoms with Crippen molar-refractivity contribution in [2.24, 2.45) is 0 Å². The van der Waals surface area contributed by atoms with E-state index in [4.69, 9.17) is 16.9 Å². The van der Waals surface area contributed by atoms with Gasteiger partial charge in [0.1, 0.15) is 6.07 Å². The van der Waals surface area contributed by atoms with E-state index in [1.54, 1.807) is 6.07 Å². The lowest BCUT2D eigenvalue weighted by Crippen LogP contribution is -2.38. The van der Waals surface area contributed by atoms with Gasteiger partial charge >= 0.3 is 6.03 Å². The van der Waals surface area contributed by atoms with Gasteiger partial charge in [0.2, 0.25) is 0 Å². The summed E-state index contributed by atoms with van der Waals surface area (Å²) >= 11 is 5.85. The van der Waals surface area contributed by atoms with Crippen molar-refractivity contribution in [3.63, 3.8) is 0 Å². The van der Waals surface area contributed by atoms with Gasteiger partial charge in [-0.3, -0.25) is 0 Å². The Hall–Kier alpha value is -1.78. The zero-order chi connectivity index (χ0) is 14.8. The average molecular weight is 314 g/mol. The molecule has 1 aromatic rings. The Morgan fingerprint density at radius 3 is 2.75 bits per heavy atom. The largest absolute Gasteiger partial charge is 0.334 e. The van der Waals surface area contributed by atoms with Crippen LogP contribution in [-0.4, -0.2) is 32.0 Å². The molecule has 1 aliphatic heterocycles. The average Bonchev–Trinajstić information content (AvgIpc) is 2.68. The van der Waals surface area contributed by atoms with Gasteiger partial charge in [-0.2, -0.15) is 5.26 Å². The molecule has 1 aliphatic rings. The number of hydrogen-bond acceptors (Lipinski definition) is 4. The van der Waals surface area contributed by atoms with Crippen LogP contribution >= 0.6 is 11.6 Å². The third-order valence-electron chi connectivity index (χ3n) is 2.92. The molecule has 6 nitrogen and oxygen atoms in total. The number of rotatable bonds is 2. The summed E-state index contributed by atoms with van der Waals surface area (Å²) < 4.78 is 22.6. The van der Waals surface area contributed by atoms with Gasteiger partial charge in [-0.1, -0.05) is 11.6 Å². The second-order valence-electron chi connectivity index (χ2n) is 4.50. The van der Waals surface area contributed by atoms with E-state index in [2.05, 4.69) is 10.6 Å². The molecule has 0 radical (unpaired) electrons. The molecule has 106 valence electrons. The molecule has 2 amide bonds. The van der Waals surface area contributed by atoms with E-state index in [9.17, 15) is 13.2 Å². The Morgan fingerprint density at radius 2 is 2.20 bits per heavy atom. The van der Waals surface area contributed by atoms with Gasteiger partial charge in [0.15, 0.2) is 9.84 Å². The summed E-state index contributed by atoms with van der Waals surface area (Å²) in [6, 6.07) is 5.57. The fourth-order valence-corrected chi connectivity index (χ4v) is 3.84. The fraction of sp³-hybridized carbons (Fsp3) is 0.333. The van der Waals surface area contributed by atoms with Crippen molar-refractivity contribution in [1.29, 1.82) is 5.26 Å². The quantitative estimate of drug-likeness (QED) is 0.864. The molecule has 0 bridgehead atoms. The topological polar surface area (TPSA) is 99.1 Å². The number of hydrogen-bond donors (Lipinski definition) is 2. The lowest BCUT2D eigenvalue weighted by atomic mass is 10.2. The number of carbonyl (C=O) groups excluding carboxylic acids is 1. The molecule has 1 atom stereocenters. The molecule has 0 saturated carbocycles. The molecule has 0 aliphatic carbocycles. The number of nitriles is 1. The summed E-state index contributed by atoms with van der Waals surface area (Å²) in [5, 5.41) is 14.1.